The molecule has 4 rings (SSSR count). The van der Waals surface area contributed by atoms with E-state index in [1.54, 1.807) is 30.5 Å². The first-order chi connectivity index (χ1) is 18.4. The zero-order chi connectivity index (χ0) is 26.9. The number of piperidine rings is 1. The lowest BCUT2D eigenvalue weighted by atomic mass is 10.1. The quantitative estimate of drug-likeness (QED) is 0.387. The number of aromatic nitrogens is 2. The first-order valence-electron chi connectivity index (χ1n) is 12.6. The number of anilines is 2. The van der Waals surface area contributed by atoms with Crippen LogP contribution in [0.25, 0.3) is 0 Å². The van der Waals surface area contributed by atoms with E-state index >= 15 is 0 Å². The van der Waals surface area contributed by atoms with E-state index in [-0.39, 0.29) is 18.4 Å². The summed E-state index contributed by atoms with van der Waals surface area (Å²) in [5, 5.41) is 11.8. The van der Waals surface area contributed by atoms with Crippen LogP contribution in [-0.2, 0) is 16.0 Å². The number of carbonyl (C=O) groups is 2. The number of hydrogen-bond donors (Lipinski definition) is 2. The highest BCUT2D eigenvalue weighted by Crippen LogP contribution is 2.30. The third-order valence-electron chi connectivity index (χ3n) is 5.98. The second-order valence-electron chi connectivity index (χ2n) is 8.94. The fraction of sp³-hybridized carbons (Fsp3) is 0.357. The van der Waals surface area contributed by atoms with Crippen LogP contribution >= 0.6 is 0 Å². The van der Waals surface area contributed by atoms with E-state index in [1.807, 2.05) is 31.2 Å². The predicted molar refractivity (Wildman–Crippen MR) is 142 cm³/mol. The minimum Gasteiger partial charge on any atom is -0.490 e. The van der Waals surface area contributed by atoms with E-state index in [0.29, 0.717) is 30.5 Å². The van der Waals surface area contributed by atoms with Gasteiger partial charge >= 0.3 is 5.97 Å². The number of aliphatic carboxylic acids is 1. The Labute approximate surface area is 221 Å². The average Bonchev–Trinajstić information content (AvgIpc) is 2.91. The Balaban J connectivity index is 1.33. The van der Waals surface area contributed by atoms with Crippen molar-refractivity contribution < 1.29 is 28.9 Å². The van der Waals surface area contributed by atoms with E-state index in [2.05, 4.69) is 20.2 Å². The highest BCUT2D eigenvalue weighted by molar-refractivity contribution is 5.91. The third-order valence-corrected chi connectivity index (χ3v) is 5.98. The number of amides is 1. The lowest BCUT2D eigenvalue weighted by Crippen LogP contribution is -2.41. The van der Waals surface area contributed by atoms with Gasteiger partial charge in [-0.1, -0.05) is 24.3 Å². The van der Waals surface area contributed by atoms with Gasteiger partial charge < -0.3 is 29.5 Å². The van der Waals surface area contributed by atoms with Crippen molar-refractivity contribution in [2.45, 2.75) is 45.3 Å². The summed E-state index contributed by atoms with van der Waals surface area (Å²) >= 11 is 0. The summed E-state index contributed by atoms with van der Waals surface area (Å²) in [7, 11) is 0. The zero-order valence-corrected chi connectivity index (χ0v) is 21.5. The van der Waals surface area contributed by atoms with Gasteiger partial charge in [0.25, 0.3) is 0 Å². The maximum absolute atomic E-state index is 12.6. The van der Waals surface area contributed by atoms with Crippen LogP contribution in [0.1, 0.15) is 32.3 Å². The fourth-order valence-electron chi connectivity index (χ4n) is 4.13. The Hall–Kier alpha value is -4.34. The largest absolute Gasteiger partial charge is 0.490 e. The summed E-state index contributed by atoms with van der Waals surface area (Å²) in [6.45, 7) is 5.42. The van der Waals surface area contributed by atoms with Crippen LogP contribution < -0.4 is 24.4 Å². The van der Waals surface area contributed by atoms with Gasteiger partial charge in [0.1, 0.15) is 17.7 Å². The van der Waals surface area contributed by atoms with Crippen molar-refractivity contribution in [3.05, 3.63) is 66.5 Å². The van der Waals surface area contributed by atoms with Gasteiger partial charge in [-0.25, -0.2) is 9.78 Å². The number of rotatable bonds is 11. The second-order valence-corrected chi connectivity index (χ2v) is 8.94. The van der Waals surface area contributed by atoms with Crippen molar-refractivity contribution in [2.75, 3.05) is 29.9 Å². The Morgan fingerprint density at radius 3 is 2.63 bits per heavy atom. The molecule has 0 saturated carbocycles. The van der Waals surface area contributed by atoms with Gasteiger partial charge in [0.2, 0.25) is 5.91 Å². The van der Waals surface area contributed by atoms with Crippen molar-refractivity contribution in [1.29, 1.82) is 0 Å². The SMILES string of the molecule is CCOc1ccccc1OC1CCCN(c2cncc(NC(=O)Cc3ccc(OC(C)C(=O)O)cc3)n2)C1. The molecule has 2 unspecified atom stereocenters. The van der Waals surface area contributed by atoms with Crippen LogP contribution in [0.15, 0.2) is 60.9 Å². The maximum Gasteiger partial charge on any atom is 0.344 e. The van der Waals surface area contributed by atoms with Crippen molar-refractivity contribution >= 4 is 23.5 Å². The van der Waals surface area contributed by atoms with E-state index in [9.17, 15) is 9.59 Å². The molecular formula is C28H32N4O6. The Bertz CT molecular complexity index is 1240. The highest BCUT2D eigenvalue weighted by Gasteiger charge is 2.24. The molecule has 200 valence electrons. The number of nitrogens with one attached hydrogen (secondary N) is 1. The summed E-state index contributed by atoms with van der Waals surface area (Å²) in [5.74, 6) is 1.63. The first-order valence-corrected chi connectivity index (χ1v) is 12.6. The van der Waals surface area contributed by atoms with Gasteiger partial charge in [0, 0.05) is 6.54 Å². The monoisotopic (exact) mass is 520 g/mol. The number of benzene rings is 2. The molecule has 3 aromatic rings. The number of carbonyl (C=O) groups excluding carboxylic acids is 1. The van der Waals surface area contributed by atoms with Gasteiger partial charge in [-0.3, -0.25) is 9.78 Å². The second kappa shape index (κ2) is 12.8. The molecule has 2 N–H and O–H groups in total. The van der Waals surface area contributed by atoms with Crippen LogP contribution in [-0.4, -0.2) is 58.9 Å². The van der Waals surface area contributed by atoms with E-state index < -0.39 is 12.1 Å². The molecule has 1 aliphatic rings. The molecule has 2 aromatic carbocycles. The molecule has 1 saturated heterocycles. The lowest BCUT2D eigenvalue weighted by molar-refractivity contribution is -0.144. The topological polar surface area (TPSA) is 123 Å². The first kappa shape index (κ1) is 26.7. The summed E-state index contributed by atoms with van der Waals surface area (Å²) < 4.78 is 17.3. The molecule has 2 atom stereocenters. The normalized spacial score (nSPS) is 15.8. The highest BCUT2D eigenvalue weighted by atomic mass is 16.5. The van der Waals surface area contributed by atoms with E-state index in [1.165, 1.54) is 13.1 Å². The number of ether oxygens (including phenoxy) is 3. The molecule has 1 aliphatic heterocycles. The summed E-state index contributed by atoms with van der Waals surface area (Å²) in [4.78, 5) is 34.6. The lowest BCUT2D eigenvalue weighted by Gasteiger charge is -2.33. The smallest absolute Gasteiger partial charge is 0.344 e. The number of hydrogen-bond acceptors (Lipinski definition) is 8. The van der Waals surface area contributed by atoms with Crippen LogP contribution in [0.5, 0.6) is 17.2 Å². The Morgan fingerprint density at radius 1 is 1.13 bits per heavy atom. The molecule has 10 nitrogen and oxygen atoms in total. The van der Waals surface area contributed by atoms with Gasteiger partial charge in [-0.15, -0.1) is 0 Å². The van der Waals surface area contributed by atoms with E-state index in [4.69, 9.17) is 19.3 Å². The van der Waals surface area contributed by atoms with Crippen molar-refractivity contribution in [3.8, 4) is 17.2 Å². The van der Waals surface area contributed by atoms with Crippen LogP contribution in [0.4, 0.5) is 11.6 Å². The molecule has 10 heteroatoms. The molecule has 0 radical (unpaired) electrons. The summed E-state index contributed by atoms with van der Waals surface area (Å²) in [6, 6.07) is 14.4. The van der Waals surface area contributed by atoms with E-state index in [0.717, 1.165) is 36.4 Å². The molecule has 0 aliphatic carbocycles. The van der Waals surface area contributed by atoms with Crippen LogP contribution in [0, 0.1) is 0 Å². The molecular weight excluding hydrogens is 488 g/mol. The van der Waals surface area contributed by atoms with Crippen LogP contribution in [0.3, 0.4) is 0 Å². The molecule has 1 fully saturated rings. The predicted octanol–water partition coefficient (Wildman–Crippen LogP) is 3.96. The average molecular weight is 521 g/mol. The third kappa shape index (κ3) is 7.34. The number of carboxylic acids is 1. The Morgan fingerprint density at radius 2 is 1.89 bits per heavy atom. The van der Waals surface area contributed by atoms with Crippen LogP contribution in [0.2, 0.25) is 0 Å². The molecule has 1 aromatic heterocycles. The fourth-order valence-corrected chi connectivity index (χ4v) is 4.13. The minimum absolute atomic E-state index is 0.0316. The summed E-state index contributed by atoms with van der Waals surface area (Å²) in [5.41, 5.74) is 0.755. The van der Waals surface area contributed by atoms with Gasteiger partial charge in [0.15, 0.2) is 23.4 Å². The Kier molecular flexibility index (Phi) is 8.97. The zero-order valence-electron chi connectivity index (χ0n) is 21.5. The number of para-hydroxylation sites is 2. The molecule has 1 amide bonds. The molecule has 2 heterocycles. The number of carboxylic acid groups (broad SMARTS) is 1. The maximum atomic E-state index is 12.6. The minimum atomic E-state index is -1.05. The molecule has 38 heavy (non-hydrogen) atoms. The summed E-state index contributed by atoms with van der Waals surface area (Å²) in [6.07, 6.45) is 4.19. The van der Waals surface area contributed by atoms with Crippen molar-refractivity contribution in [3.63, 3.8) is 0 Å². The van der Waals surface area contributed by atoms with Gasteiger partial charge in [-0.2, -0.15) is 0 Å². The van der Waals surface area contributed by atoms with Gasteiger partial charge in [-0.05, 0) is 56.5 Å². The van der Waals surface area contributed by atoms with Gasteiger partial charge in [0.05, 0.1) is 32.0 Å². The standard InChI is InChI=1S/C28H32N4O6/c1-3-36-23-8-4-5-9-24(23)38-22-7-6-14-32(18-22)26-17-29-16-25(30-26)31-27(33)15-20-10-12-21(13-11-20)37-19(2)28(34)35/h4-5,8-13,16-17,19,22H,3,6-7,14-15,18H2,1-2H3,(H,34,35)(H,30,31,33). The number of nitrogens with zero attached hydrogens (tertiary/aromatic N) is 3. The molecule has 0 bridgehead atoms. The van der Waals surface area contributed by atoms with Crippen molar-refractivity contribution in [2.24, 2.45) is 0 Å². The molecule has 0 spiro atoms. The van der Waals surface area contributed by atoms with Crippen molar-refractivity contribution in [1.82, 2.24) is 9.97 Å².